The predicted octanol–water partition coefficient (Wildman–Crippen LogP) is 2.52. The highest BCUT2D eigenvalue weighted by molar-refractivity contribution is 6.32. The minimum Gasteiger partial charge on any atom is -0.326 e. The van der Waals surface area contributed by atoms with Crippen LogP contribution in [0.1, 0.15) is 19.4 Å². The highest BCUT2D eigenvalue weighted by Gasteiger charge is 2.09. The molecule has 0 saturated carbocycles. The fourth-order valence-electron chi connectivity index (χ4n) is 1.31. The van der Waals surface area contributed by atoms with Gasteiger partial charge < -0.3 is 10.6 Å². The van der Waals surface area contributed by atoms with Gasteiger partial charge in [0.1, 0.15) is 5.38 Å². The molecule has 1 atom stereocenters. The lowest BCUT2D eigenvalue weighted by Crippen LogP contribution is -2.20. The highest BCUT2D eigenvalue weighted by Crippen LogP contribution is 2.20. The average molecular weight is 255 g/mol. The Balaban J connectivity index is 2.82. The summed E-state index contributed by atoms with van der Waals surface area (Å²) in [6.07, 6.45) is 0. The number of hydrogen-bond donors (Lipinski definition) is 2. The summed E-state index contributed by atoms with van der Waals surface area (Å²) in [5, 5.41) is 4.80. The molecule has 0 aliphatic carbocycles. The van der Waals surface area contributed by atoms with Gasteiger partial charge in [-0.3, -0.25) is 9.59 Å². The maximum absolute atomic E-state index is 11.4. The molecule has 0 spiro atoms. The van der Waals surface area contributed by atoms with E-state index in [1.807, 2.05) is 6.92 Å². The molecule has 0 bridgehead atoms. The molecule has 0 radical (unpaired) electrons. The first kappa shape index (κ1) is 13.5. The molecular weight excluding hydrogens is 240 g/mol. The van der Waals surface area contributed by atoms with E-state index in [-0.39, 0.29) is 11.8 Å². The molecule has 1 rings (SSSR count). The van der Waals surface area contributed by atoms with E-state index in [0.29, 0.717) is 5.69 Å². The SMILES string of the molecule is CC(=O)Nc1ccc(NC(=O)[C@@H](C)Cl)cc1C. The zero-order valence-electron chi connectivity index (χ0n) is 10.0. The predicted molar refractivity (Wildman–Crippen MR) is 69.4 cm³/mol. The van der Waals surface area contributed by atoms with Crippen LogP contribution in [0.4, 0.5) is 11.4 Å². The maximum atomic E-state index is 11.4. The van der Waals surface area contributed by atoms with Gasteiger partial charge in [0.25, 0.3) is 0 Å². The Morgan fingerprint density at radius 2 is 1.94 bits per heavy atom. The highest BCUT2D eigenvalue weighted by atomic mass is 35.5. The summed E-state index contributed by atoms with van der Waals surface area (Å²) < 4.78 is 0. The van der Waals surface area contributed by atoms with Gasteiger partial charge in [-0.05, 0) is 37.6 Å². The van der Waals surface area contributed by atoms with E-state index in [1.54, 1.807) is 25.1 Å². The van der Waals surface area contributed by atoms with Crippen LogP contribution in [-0.2, 0) is 9.59 Å². The standard InChI is InChI=1S/C12H15ClN2O2/c1-7-6-10(15-12(17)8(2)13)4-5-11(7)14-9(3)16/h4-6,8H,1-3H3,(H,14,16)(H,15,17)/t8-/m1/s1. The topological polar surface area (TPSA) is 58.2 Å². The molecule has 0 unspecified atom stereocenters. The molecule has 0 fully saturated rings. The van der Waals surface area contributed by atoms with Gasteiger partial charge in [-0.1, -0.05) is 0 Å². The number of carbonyl (C=O) groups is 2. The Morgan fingerprint density at radius 3 is 2.41 bits per heavy atom. The molecule has 0 aromatic heterocycles. The lowest BCUT2D eigenvalue weighted by atomic mass is 10.1. The molecule has 0 aliphatic rings. The number of halogens is 1. The molecule has 4 nitrogen and oxygen atoms in total. The van der Waals surface area contributed by atoms with Crippen LogP contribution in [0.25, 0.3) is 0 Å². The van der Waals surface area contributed by atoms with Crippen LogP contribution in [-0.4, -0.2) is 17.2 Å². The third-order valence-electron chi connectivity index (χ3n) is 2.17. The van der Waals surface area contributed by atoms with Crippen molar-refractivity contribution in [3.05, 3.63) is 23.8 Å². The molecule has 5 heteroatoms. The Labute approximate surface area is 105 Å². The first-order chi connectivity index (χ1) is 7.90. The number of alkyl halides is 1. The van der Waals surface area contributed by atoms with E-state index in [9.17, 15) is 9.59 Å². The number of nitrogens with one attached hydrogen (secondary N) is 2. The van der Waals surface area contributed by atoms with E-state index in [2.05, 4.69) is 10.6 Å². The van der Waals surface area contributed by atoms with Gasteiger partial charge in [0, 0.05) is 18.3 Å². The van der Waals surface area contributed by atoms with Crippen molar-refractivity contribution >= 4 is 34.8 Å². The third kappa shape index (κ3) is 4.07. The summed E-state index contributed by atoms with van der Waals surface area (Å²) in [7, 11) is 0. The van der Waals surface area contributed by atoms with E-state index in [0.717, 1.165) is 11.3 Å². The van der Waals surface area contributed by atoms with Crippen LogP contribution in [0, 0.1) is 6.92 Å². The lowest BCUT2D eigenvalue weighted by molar-refractivity contribution is -0.116. The molecule has 1 aromatic rings. The van der Waals surface area contributed by atoms with E-state index < -0.39 is 5.38 Å². The van der Waals surface area contributed by atoms with Crippen molar-refractivity contribution in [2.24, 2.45) is 0 Å². The van der Waals surface area contributed by atoms with Crippen molar-refractivity contribution < 1.29 is 9.59 Å². The van der Waals surface area contributed by atoms with E-state index in [1.165, 1.54) is 6.92 Å². The van der Waals surface area contributed by atoms with Crippen molar-refractivity contribution in [3.8, 4) is 0 Å². The number of benzene rings is 1. The van der Waals surface area contributed by atoms with Crippen molar-refractivity contribution in [3.63, 3.8) is 0 Å². The van der Waals surface area contributed by atoms with Crippen LogP contribution in [0.2, 0.25) is 0 Å². The molecule has 0 heterocycles. The zero-order valence-corrected chi connectivity index (χ0v) is 10.8. The van der Waals surface area contributed by atoms with Gasteiger partial charge in [0.05, 0.1) is 0 Å². The summed E-state index contributed by atoms with van der Waals surface area (Å²) in [5.41, 5.74) is 2.27. The first-order valence-electron chi connectivity index (χ1n) is 5.23. The van der Waals surface area contributed by atoms with E-state index >= 15 is 0 Å². The minimum atomic E-state index is -0.578. The van der Waals surface area contributed by atoms with Gasteiger partial charge >= 0.3 is 0 Å². The molecule has 92 valence electrons. The first-order valence-corrected chi connectivity index (χ1v) is 5.67. The van der Waals surface area contributed by atoms with Crippen LogP contribution in [0.3, 0.4) is 0 Å². The van der Waals surface area contributed by atoms with Gasteiger partial charge in [-0.2, -0.15) is 0 Å². The van der Waals surface area contributed by atoms with Crippen LogP contribution < -0.4 is 10.6 Å². The fraction of sp³-hybridized carbons (Fsp3) is 0.333. The largest absolute Gasteiger partial charge is 0.326 e. The lowest BCUT2D eigenvalue weighted by Gasteiger charge is -2.10. The van der Waals surface area contributed by atoms with Crippen molar-refractivity contribution in [2.45, 2.75) is 26.1 Å². The second-order valence-corrected chi connectivity index (χ2v) is 4.47. The van der Waals surface area contributed by atoms with Gasteiger partial charge in [-0.15, -0.1) is 11.6 Å². The Morgan fingerprint density at radius 1 is 1.29 bits per heavy atom. The summed E-state index contributed by atoms with van der Waals surface area (Å²) in [4.78, 5) is 22.3. The number of carbonyl (C=O) groups excluding carboxylic acids is 2. The molecule has 1 aromatic carbocycles. The number of hydrogen-bond acceptors (Lipinski definition) is 2. The maximum Gasteiger partial charge on any atom is 0.242 e. The Hall–Kier alpha value is -1.55. The smallest absolute Gasteiger partial charge is 0.242 e. The Kier molecular flexibility index (Phi) is 4.52. The molecule has 2 N–H and O–H groups in total. The third-order valence-corrected chi connectivity index (χ3v) is 2.36. The van der Waals surface area contributed by atoms with Gasteiger partial charge in [0.2, 0.25) is 11.8 Å². The zero-order chi connectivity index (χ0) is 13.0. The fourth-order valence-corrected chi connectivity index (χ4v) is 1.37. The van der Waals surface area contributed by atoms with Crippen molar-refractivity contribution in [1.29, 1.82) is 0 Å². The average Bonchev–Trinajstić information content (AvgIpc) is 2.21. The van der Waals surface area contributed by atoms with Crippen LogP contribution in [0.5, 0.6) is 0 Å². The van der Waals surface area contributed by atoms with Crippen molar-refractivity contribution in [2.75, 3.05) is 10.6 Å². The molecule has 0 aliphatic heterocycles. The summed E-state index contributed by atoms with van der Waals surface area (Å²) >= 11 is 5.65. The van der Waals surface area contributed by atoms with Crippen LogP contribution in [0.15, 0.2) is 18.2 Å². The van der Waals surface area contributed by atoms with Crippen molar-refractivity contribution in [1.82, 2.24) is 0 Å². The number of aryl methyl sites for hydroxylation is 1. The van der Waals surface area contributed by atoms with Gasteiger partial charge in [0.15, 0.2) is 0 Å². The normalized spacial score (nSPS) is 11.8. The molecular formula is C12H15ClN2O2. The Bertz CT molecular complexity index is 444. The molecule has 17 heavy (non-hydrogen) atoms. The summed E-state index contributed by atoms with van der Waals surface area (Å²) in [6.45, 7) is 4.91. The second kappa shape index (κ2) is 5.68. The number of rotatable bonds is 3. The minimum absolute atomic E-state index is 0.126. The van der Waals surface area contributed by atoms with Crippen LogP contribution >= 0.6 is 11.6 Å². The monoisotopic (exact) mass is 254 g/mol. The summed E-state index contributed by atoms with van der Waals surface area (Å²) in [6, 6.07) is 5.24. The molecule has 0 saturated heterocycles. The number of amides is 2. The van der Waals surface area contributed by atoms with E-state index in [4.69, 9.17) is 11.6 Å². The van der Waals surface area contributed by atoms with Gasteiger partial charge in [-0.25, -0.2) is 0 Å². The second-order valence-electron chi connectivity index (χ2n) is 3.82. The quantitative estimate of drug-likeness (QED) is 0.815. The summed E-state index contributed by atoms with van der Waals surface area (Å²) in [5.74, 6) is -0.377. The number of anilines is 2. The molecule has 2 amide bonds.